The average Bonchev–Trinajstić information content (AvgIpc) is 3.25. The van der Waals surface area contributed by atoms with Crippen molar-refractivity contribution >= 4 is 18.0 Å². The molecule has 2 atom stereocenters. The Morgan fingerprint density at radius 2 is 1.57 bits per heavy atom. The molecule has 0 saturated carbocycles. The fourth-order valence-electron chi connectivity index (χ4n) is 6.13. The number of nitrogens with zero attached hydrogens (tertiary/aromatic N) is 1. The summed E-state index contributed by atoms with van der Waals surface area (Å²) in [7, 11) is 3.05. The Labute approximate surface area is 280 Å². The van der Waals surface area contributed by atoms with E-state index < -0.39 is 39.6 Å². The first kappa shape index (κ1) is 37.5. The minimum absolute atomic E-state index is 0.00374. The number of quaternary nitrogens is 1. The van der Waals surface area contributed by atoms with Crippen LogP contribution in [0.1, 0.15) is 60.9 Å². The van der Waals surface area contributed by atoms with Crippen molar-refractivity contribution in [3.05, 3.63) is 101 Å². The number of unbranched alkanes of at least 4 members (excludes halogenated alkanes) is 1. The molecule has 1 aliphatic heterocycles. The zero-order valence-corrected chi connectivity index (χ0v) is 27.5. The Kier molecular flexibility index (Phi) is 10.9. The van der Waals surface area contributed by atoms with Crippen LogP contribution in [0, 0.1) is 0 Å². The number of urea groups is 1. The molecule has 3 aromatic rings. The van der Waals surface area contributed by atoms with Crippen LogP contribution < -0.4 is 14.8 Å². The van der Waals surface area contributed by atoms with Crippen LogP contribution in [0.4, 0.5) is 31.1 Å². The molecule has 4 rings (SSSR count). The Balaban J connectivity index is 1.59. The van der Waals surface area contributed by atoms with Crippen molar-refractivity contribution in [1.82, 2.24) is 5.32 Å². The number of likely N-dealkylation sites (N-methyl/N-ethyl adjacent to an activating group) is 1. The van der Waals surface area contributed by atoms with Gasteiger partial charge in [0.25, 0.3) is 5.60 Å². The quantitative estimate of drug-likeness (QED) is 0.0827. The number of allylic oxidation sites excluding steroid dienone is 1. The number of nitrogens with one attached hydrogen (secondary N) is 1. The highest BCUT2D eigenvalue weighted by Gasteiger charge is 2.71. The van der Waals surface area contributed by atoms with Gasteiger partial charge in [0.05, 0.1) is 27.3 Å². The van der Waals surface area contributed by atoms with E-state index in [9.17, 15) is 41.0 Å². The monoisotopic (exact) mass is 693 g/mol. The minimum atomic E-state index is -6.06. The van der Waals surface area contributed by atoms with Crippen molar-refractivity contribution in [3.63, 3.8) is 0 Å². The Hall–Kier alpha value is -4.36. The number of carbonyl (C=O) groups is 2. The molecule has 1 heterocycles. The first-order valence-electron chi connectivity index (χ1n) is 15.7. The van der Waals surface area contributed by atoms with E-state index in [-0.39, 0.29) is 42.4 Å². The molecule has 0 aromatic heterocycles. The lowest BCUT2D eigenvalue weighted by atomic mass is 9.86. The van der Waals surface area contributed by atoms with Crippen LogP contribution >= 0.6 is 0 Å². The Morgan fingerprint density at radius 3 is 2.12 bits per heavy atom. The van der Waals surface area contributed by atoms with E-state index in [1.165, 1.54) is 33.2 Å². The molecule has 2 N–H and O–H groups in total. The lowest BCUT2D eigenvalue weighted by Crippen LogP contribution is -2.54. The second-order valence-electron chi connectivity index (χ2n) is 12.1. The number of aliphatic hydroxyl groups is 1. The van der Waals surface area contributed by atoms with Crippen molar-refractivity contribution in [2.24, 2.45) is 0 Å². The highest BCUT2D eigenvalue weighted by atomic mass is 19.4. The third-order valence-corrected chi connectivity index (χ3v) is 8.96. The second-order valence-corrected chi connectivity index (χ2v) is 12.1. The summed E-state index contributed by atoms with van der Waals surface area (Å²) in [4.78, 5) is 27.1. The lowest BCUT2D eigenvalue weighted by molar-refractivity contribution is -0.747. The summed E-state index contributed by atoms with van der Waals surface area (Å²) < 4.78 is 94.0. The van der Waals surface area contributed by atoms with Crippen LogP contribution in [0.2, 0.25) is 0 Å². The van der Waals surface area contributed by atoms with Crippen LogP contribution in [-0.4, -0.2) is 61.2 Å². The molecule has 1 fully saturated rings. The number of hydrogen-bond donors (Lipinski definition) is 2. The number of amides is 3. The molecule has 0 radical (unpaired) electrons. The van der Waals surface area contributed by atoms with Crippen molar-refractivity contribution in [2.75, 3.05) is 27.3 Å². The lowest BCUT2D eigenvalue weighted by Gasteiger charge is -2.33. The van der Waals surface area contributed by atoms with Crippen LogP contribution in [0.25, 0.3) is 6.08 Å². The summed E-state index contributed by atoms with van der Waals surface area (Å²) in [5.74, 6) is 0.320. The fourth-order valence-corrected chi connectivity index (χ4v) is 6.13. The molecule has 2 unspecified atom stereocenters. The van der Waals surface area contributed by atoms with Gasteiger partial charge >= 0.3 is 24.3 Å². The van der Waals surface area contributed by atoms with Crippen molar-refractivity contribution in [1.29, 1.82) is 0 Å². The number of methoxy groups -OCH3 is 1. The number of carbonyl (C=O) groups excluding carboxylic acids is 2. The normalized spacial score (nSPS) is 20.1. The Bertz CT molecular complexity index is 1660. The predicted octanol–water partition coefficient (Wildman–Crippen LogP) is 7.79. The number of benzene rings is 3. The van der Waals surface area contributed by atoms with E-state index in [0.29, 0.717) is 48.3 Å². The number of hydrogen-bond acceptors (Lipinski definition) is 5. The third-order valence-electron chi connectivity index (χ3n) is 8.96. The number of imide groups is 1. The smallest absolute Gasteiger partial charge is 0.430 e. The number of halogens is 6. The van der Waals surface area contributed by atoms with Gasteiger partial charge in [0, 0.05) is 24.0 Å². The van der Waals surface area contributed by atoms with Gasteiger partial charge in [0.1, 0.15) is 11.5 Å². The molecule has 1 saturated heterocycles. The maximum atomic E-state index is 13.9. The van der Waals surface area contributed by atoms with Gasteiger partial charge < -0.3 is 14.6 Å². The number of ether oxygens (including phenoxy) is 2. The molecule has 3 amide bonds. The van der Waals surface area contributed by atoms with E-state index in [1.54, 1.807) is 61.5 Å². The maximum Gasteiger partial charge on any atom is 0.430 e. The van der Waals surface area contributed by atoms with E-state index in [2.05, 4.69) is 5.32 Å². The van der Waals surface area contributed by atoms with Crippen LogP contribution in [-0.2, 0) is 22.4 Å². The van der Waals surface area contributed by atoms with E-state index in [0.717, 1.165) is 0 Å². The molecule has 7 nitrogen and oxygen atoms in total. The zero-order valence-electron chi connectivity index (χ0n) is 27.5. The molecule has 0 bridgehead atoms. The molecule has 0 aliphatic carbocycles. The van der Waals surface area contributed by atoms with Gasteiger partial charge in [0.2, 0.25) is 0 Å². The highest BCUT2D eigenvalue weighted by Crippen LogP contribution is 2.51. The number of rotatable bonds is 13. The molecule has 264 valence electrons. The van der Waals surface area contributed by atoms with Gasteiger partial charge in [-0.25, -0.2) is 9.59 Å². The zero-order chi connectivity index (χ0) is 36.3. The van der Waals surface area contributed by atoms with Gasteiger partial charge in [-0.3, -0.25) is 5.32 Å². The standard InChI is InChI=1S/C36H38F6N2O5/c1-5-12-25-22-28(34(47,35(37,38)39)36(40,41)42)23-26(21-24-13-8-7-9-14-24)30(25)49-20-11-10-19-44(3)31(45)33(6-2,43-32(44)46)27-15-17-29(48-4)18-16-27/h5,7-9,12-18,22-23,47H,6,10-11,19-21H2,1-4H3/p+1/b12-5+. The van der Waals surface area contributed by atoms with E-state index in [4.69, 9.17) is 9.47 Å². The van der Waals surface area contributed by atoms with Gasteiger partial charge in [-0.05, 0) is 60.7 Å². The Morgan fingerprint density at radius 1 is 0.939 bits per heavy atom. The van der Waals surface area contributed by atoms with Gasteiger partial charge in [-0.15, -0.1) is 0 Å². The number of alkyl halides is 6. The van der Waals surface area contributed by atoms with Crippen LogP contribution in [0.5, 0.6) is 11.5 Å². The van der Waals surface area contributed by atoms with Crippen LogP contribution in [0.3, 0.4) is 0 Å². The maximum absolute atomic E-state index is 13.9. The van der Waals surface area contributed by atoms with Gasteiger partial charge in [-0.2, -0.15) is 30.8 Å². The van der Waals surface area contributed by atoms with Gasteiger partial charge in [-0.1, -0.05) is 61.5 Å². The molecule has 13 heteroatoms. The molecular formula is C36H39F6N2O5+. The molecule has 1 aliphatic rings. The fraction of sp³-hybridized carbons (Fsp3) is 0.389. The highest BCUT2D eigenvalue weighted by molar-refractivity contribution is 5.98. The summed E-state index contributed by atoms with van der Waals surface area (Å²) >= 11 is 0. The van der Waals surface area contributed by atoms with E-state index >= 15 is 0 Å². The average molecular weight is 694 g/mol. The topological polar surface area (TPSA) is 84.9 Å². The molecule has 0 spiro atoms. The van der Waals surface area contributed by atoms with Crippen molar-refractivity contribution < 1.29 is 55.0 Å². The summed E-state index contributed by atoms with van der Waals surface area (Å²) in [6.07, 6.45) is -8.54. The minimum Gasteiger partial charge on any atom is -0.497 e. The molecule has 49 heavy (non-hydrogen) atoms. The third kappa shape index (κ3) is 7.04. The summed E-state index contributed by atoms with van der Waals surface area (Å²) in [6.45, 7) is 3.43. The molecule has 3 aromatic carbocycles. The van der Waals surface area contributed by atoms with Crippen molar-refractivity contribution in [2.45, 2.75) is 63.0 Å². The summed E-state index contributed by atoms with van der Waals surface area (Å²) in [5.41, 5.74) is -6.62. The first-order valence-corrected chi connectivity index (χ1v) is 15.7. The first-order chi connectivity index (χ1) is 23.0. The molecular weight excluding hydrogens is 654 g/mol. The van der Waals surface area contributed by atoms with E-state index in [1.807, 2.05) is 0 Å². The summed E-state index contributed by atoms with van der Waals surface area (Å²) in [6, 6.07) is 16.1. The van der Waals surface area contributed by atoms with Crippen LogP contribution in [0.15, 0.2) is 72.8 Å². The second kappa shape index (κ2) is 14.2. The largest absolute Gasteiger partial charge is 0.497 e. The van der Waals surface area contributed by atoms with Gasteiger partial charge in [0.15, 0.2) is 5.54 Å². The predicted molar refractivity (Wildman–Crippen MR) is 171 cm³/mol. The van der Waals surface area contributed by atoms with Crippen molar-refractivity contribution in [3.8, 4) is 11.5 Å². The summed E-state index contributed by atoms with van der Waals surface area (Å²) in [5, 5.41) is 13.1. The SMILES string of the molecule is C/C=C/c1cc(C(O)(C(F)(F)F)C(F)(F)F)cc(Cc2ccccc2)c1OCCCC[N+]1(C)C(=O)NC(CC)(c2ccc(OC)cc2)C1=O.